The van der Waals surface area contributed by atoms with Crippen molar-refractivity contribution in [2.75, 3.05) is 7.05 Å². The number of benzene rings is 1. The Kier molecular flexibility index (Phi) is 4.92. The molecule has 0 saturated heterocycles. The zero-order chi connectivity index (χ0) is 13.0. The average molecular weight is 370 g/mol. The molecule has 2 nitrogen and oxygen atoms in total. The number of aromatic nitrogens is 1. The lowest BCUT2D eigenvalue weighted by molar-refractivity contribution is 0.589. The summed E-state index contributed by atoms with van der Waals surface area (Å²) in [5, 5.41) is 3.36. The van der Waals surface area contributed by atoms with E-state index in [-0.39, 0.29) is 6.04 Å². The molecule has 1 aromatic carbocycles. The van der Waals surface area contributed by atoms with Crippen LogP contribution in [0.25, 0.3) is 0 Å². The normalized spacial score (nSPS) is 12.4. The molecule has 2 aromatic rings. The van der Waals surface area contributed by atoms with E-state index < -0.39 is 0 Å². The summed E-state index contributed by atoms with van der Waals surface area (Å²) in [6.07, 6.45) is 4.61. The fourth-order valence-electron chi connectivity index (χ4n) is 1.91. The van der Waals surface area contributed by atoms with Crippen LogP contribution in [0.1, 0.15) is 17.2 Å². The highest BCUT2D eigenvalue weighted by Crippen LogP contribution is 2.28. The van der Waals surface area contributed by atoms with Gasteiger partial charge in [-0.3, -0.25) is 4.98 Å². The largest absolute Gasteiger partial charge is 0.313 e. The molecule has 1 unspecified atom stereocenters. The maximum Gasteiger partial charge on any atom is 0.0369 e. The highest BCUT2D eigenvalue weighted by atomic mass is 79.9. The minimum atomic E-state index is 0.287. The number of nitrogens with zero attached hydrogens (tertiary/aromatic N) is 1. The van der Waals surface area contributed by atoms with Crippen molar-refractivity contribution < 1.29 is 0 Å². The number of halogens is 2. The molecule has 0 spiro atoms. The molecule has 0 saturated carbocycles. The molecule has 0 aliphatic carbocycles. The molecule has 18 heavy (non-hydrogen) atoms. The van der Waals surface area contributed by atoms with Crippen molar-refractivity contribution in [3.8, 4) is 0 Å². The van der Waals surface area contributed by atoms with Gasteiger partial charge in [0.2, 0.25) is 0 Å². The molecule has 2 rings (SSSR count). The molecule has 94 valence electrons. The van der Waals surface area contributed by atoms with Crippen LogP contribution in [-0.2, 0) is 6.42 Å². The zero-order valence-corrected chi connectivity index (χ0v) is 13.2. The van der Waals surface area contributed by atoms with E-state index in [9.17, 15) is 0 Å². The maximum atomic E-state index is 4.04. The van der Waals surface area contributed by atoms with Crippen LogP contribution in [-0.4, -0.2) is 12.0 Å². The van der Waals surface area contributed by atoms with Gasteiger partial charge >= 0.3 is 0 Å². The Labute approximate surface area is 124 Å². The first-order chi connectivity index (χ1) is 8.70. The van der Waals surface area contributed by atoms with Crippen LogP contribution in [0, 0.1) is 0 Å². The van der Waals surface area contributed by atoms with Crippen LogP contribution in [0.4, 0.5) is 0 Å². The van der Waals surface area contributed by atoms with Crippen molar-refractivity contribution in [1.29, 1.82) is 0 Å². The van der Waals surface area contributed by atoms with Gasteiger partial charge in [0.25, 0.3) is 0 Å². The molecule has 0 fully saturated rings. The molecule has 0 aliphatic heterocycles. The van der Waals surface area contributed by atoms with Crippen molar-refractivity contribution >= 4 is 31.9 Å². The Balaban J connectivity index is 2.23. The van der Waals surface area contributed by atoms with Gasteiger partial charge in [0.1, 0.15) is 0 Å². The topological polar surface area (TPSA) is 24.9 Å². The van der Waals surface area contributed by atoms with Crippen molar-refractivity contribution in [2.24, 2.45) is 0 Å². The van der Waals surface area contributed by atoms with E-state index in [2.05, 4.69) is 72.5 Å². The first-order valence-corrected chi connectivity index (χ1v) is 7.30. The predicted molar refractivity (Wildman–Crippen MR) is 81.6 cm³/mol. The summed E-state index contributed by atoms with van der Waals surface area (Å²) in [6.45, 7) is 0. The lowest BCUT2D eigenvalue weighted by Gasteiger charge is -2.18. The number of likely N-dealkylation sites (N-methyl/N-ethyl adjacent to an activating group) is 1. The first kappa shape index (κ1) is 13.7. The van der Waals surface area contributed by atoms with Gasteiger partial charge in [-0.25, -0.2) is 0 Å². The second kappa shape index (κ2) is 6.45. The molecule has 4 heteroatoms. The monoisotopic (exact) mass is 368 g/mol. The van der Waals surface area contributed by atoms with Crippen LogP contribution in [0.15, 0.2) is 51.7 Å². The van der Waals surface area contributed by atoms with Crippen LogP contribution >= 0.6 is 31.9 Å². The van der Waals surface area contributed by atoms with Gasteiger partial charge in [-0.1, -0.05) is 37.9 Å². The molecular formula is C14H14Br2N2. The van der Waals surface area contributed by atoms with Gasteiger partial charge in [0.15, 0.2) is 0 Å². The molecule has 1 aromatic heterocycles. The van der Waals surface area contributed by atoms with Crippen molar-refractivity contribution in [3.05, 3.63) is 62.8 Å². The van der Waals surface area contributed by atoms with Crippen LogP contribution < -0.4 is 5.32 Å². The zero-order valence-electron chi connectivity index (χ0n) is 10.0. The third-order valence-electron chi connectivity index (χ3n) is 2.88. The van der Waals surface area contributed by atoms with Crippen LogP contribution in [0.3, 0.4) is 0 Å². The Bertz CT molecular complexity index is 514. The van der Waals surface area contributed by atoms with Gasteiger partial charge in [0.05, 0.1) is 0 Å². The van der Waals surface area contributed by atoms with Crippen molar-refractivity contribution in [1.82, 2.24) is 10.3 Å². The smallest absolute Gasteiger partial charge is 0.0369 e. The average Bonchev–Trinajstić information content (AvgIpc) is 2.38. The minimum Gasteiger partial charge on any atom is -0.313 e. The Morgan fingerprint density at radius 1 is 1.17 bits per heavy atom. The van der Waals surface area contributed by atoms with E-state index in [1.54, 1.807) is 0 Å². The fraction of sp³-hybridized carbons (Fsp3) is 0.214. The summed E-state index contributed by atoms with van der Waals surface area (Å²) >= 11 is 7.10. The highest BCUT2D eigenvalue weighted by Gasteiger charge is 2.13. The number of rotatable bonds is 4. The van der Waals surface area contributed by atoms with Gasteiger partial charge in [-0.2, -0.15) is 0 Å². The van der Waals surface area contributed by atoms with Gasteiger partial charge in [-0.05, 0) is 48.9 Å². The Morgan fingerprint density at radius 3 is 2.50 bits per heavy atom. The molecule has 0 aliphatic rings. The first-order valence-electron chi connectivity index (χ1n) is 5.72. The van der Waals surface area contributed by atoms with E-state index in [0.29, 0.717) is 0 Å². The maximum absolute atomic E-state index is 4.04. The van der Waals surface area contributed by atoms with Crippen molar-refractivity contribution in [2.45, 2.75) is 12.5 Å². The third-order valence-corrected chi connectivity index (χ3v) is 4.06. The van der Waals surface area contributed by atoms with Gasteiger partial charge in [-0.15, -0.1) is 0 Å². The lowest BCUT2D eigenvalue weighted by Crippen LogP contribution is -2.19. The second-order valence-corrected chi connectivity index (χ2v) is 5.84. The molecule has 1 atom stereocenters. The quantitative estimate of drug-likeness (QED) is 0.877. The van der Waals surface area contributed by atoms with Gasteiger partial charge < -0.3 is 5.32 Å². The second-order valence-electron chi connectivity index (χ2n) is 4.07. The van der Waals surface area contributed by atoms with Gasteiger partial charge in [0, 0.05) is 27.4 Å². The molecule has 0 radical (unpaired) electrons. The Hall–Kier alpha value is -0.710. The molecular weight excluding hydrogens is 356 g/mol. The van der Waals surface area contributed by atoms with Crippen LogP contribution in [0.2, 0.25) is 0 Å². The summed E-state index contributed by atoms with van der Waals surface area (Å²) in [7, 11) is 1.99. The van der Waals surface area contributed by atoms with Crippen molar-refractivity contribution in [3.63, 3.8) is 0 Å². The molecule has 1 N–H and O–H groups in total. The summed E-state index contributed by atoms with van der Waals surface area (Å²) in [4.78, 5) is 4.04. The van der Waals surface area contributed by atoms with Crippen LogP contribution in [0.5, 0.6) is 0 Å². The summed E-state index contributed by atoms with van der Waals surface area (Å²) in [5.41, 5.74) is 2.54. The molecule has 0 amide bonds. The van der Waals surface area contributed by atoms with E-state index in [1.165, 1.54) is 11.1 Å². The van der Waals surface area contributed by atoms with E-state index in [0.717, 1.165) is 15.4 Å². The molecule has 0 bridgehead atoms. The highest BCUT2D eigenvalue weighted by molar-refractivity contribution is 9.11. The number of pyridine rings is 1. The minimum absolute atomic E-state index is 0.287. The Morgan fingerprint density at radius 2 is 1.89 bits per heavy atom. The fourth-order valence-corrected chi connectivity index (χ4v) is 3.23. The SMILES string of the molecule is CNC(Cc1ccncc1)c1ccc(Br)cc1Br. The lowest BCUT2D eigenvalue weighted by atomic mass is 10.00. The molecule has 1 heterocycles. The standard InChI is InChI=1S/C14H14Br2N2/c1-17-14(8-10-4-6-18-7-5-10)12-3-2-11(15)9-13(12)16/h2-7,9,14,17H,8H2,1H3. The van der Waals surface area contributed by atoms with E-state index >= 15 is 0 Å². The number of hydrogen-bond donors (Lipinski definition) is 1. The van der Waals surface area contributed by atoms with E-state index in [4.69, 9.17) is 0 Å². The summed E-state index contributed by atoms with van der Waals surface area (Å²) in [6, 6.07) is 10.7. The number of hydrogen-bond acceptors (Lipinski definition) is 2. The summed E-state index contributed by atoms with van der Waals surface area (Å²) < 4.78 is 2.20. The van der Waals surface area contributed by atoms with E-state index in [1.807, 2.05) is 19.4 Å². The summed E-state index contributed by atoms with van der Waals surface area (Å²) in [5.74, 6) is 0. The third kappa shape index (κ3) is 3.40. The predicted octanol–water partition coefficient (Wildman–Crippen LogP) is 4.11. The number of nitrogens with one attached hydrogen (secondary N) is 1.